The van der Waals surface area contributed by atoms with Crippen molar-refractivity contribution in [3.05, 3.63) is 57.4 Å². The summed E-state index contributed by atoms with van der Waals surface area (Å²) in [7, 11) is 1.33. The molecule has 0 aliphatic heterocycles. The molecule has 0 bridgehead atoms. The number of H-pyrrole nitrogens is 1. The zero-order chi connectivity index (χ0) is 18.7. The van der Waals surface area contributed by atoms with Gasteiger partial charge in [0, 0.05) is 16.3 Å². The van der Waals surface area contributed by atoms with Gasteiger partial charge in [-0.25, -0.2) is 4.79 Å². The summed E-state index contributed by atoms with van der Waals surface area (Å²) in [6.07, 6.45) is 0. The van der Waals surface area contributed by atoms with Crippen molar-refractivity contribution in [1.82, 2.24) is 4.98 Å². The fourth-order valence-electron chi connectivity index (χ4n) is 3.10. The van der Waals surface area contributed by atoms with E-state index in [0.717, 1.165) is 5.56 Å². The summed E-state index contributed by atoms with van der Waals surface area (Å²) in [6, 6.07) is 7.32. The number of nitrogens with two attached hydrogens (primary N) is 1. The van der Waals surface area contributed by atoms with Crippen molar-refractivity contribution in [3.8, 4) is 0 Å². The highest BCUT2D eigenvalue weighted by molar-refractivity contribution is 6.31. The van der Waals surface area contributed by atoms with Crippen molar-refractivity contribution in [2.45, 2.75) is 39.8 Å². The van der Waals surface area contributed by atoms with Gasteiger partial charge in [0.15, 0.2) is 0 Å². The van der Waals surface area contributed by atoms with Gasteiger partial charge in [-0.2, -0.15) is 0 Å². The number of ether oxygens (including phenoxy) is 1. The Kier molecular flexibility index (Phi) is 6.03. The molecule has 0 saturated heterocycles. The summed E-state index contributed by atoms with van der Waals surface area (Å²) in [4.78, 5) is 27.8. The SMILES string of the molecule is COC(=O)c1c(C)[nH]c(C(=O)[C@H](C)[NH2+][C@H](C)c2ccccc2Cl)c1C. The Labute approximate surface area is 152 Å². The average Bonchev–Trinajstić information content (AvgIpc) is 2.88. The lowest BCUT2D eigenvalue weighted by atomic mass is 10.0. The Morgan fingerprint density at radius 1 is 1.20 bits per heavy atom. The van der Waals surface area contributed by atoms with E-state index in [-0.39, 0.29) is 17.9 Å². The molecule has 1 aromatic carbocycles. The molecule has 6 heteroatoms. The maximum Gasteiger partial charge on any atom is 0.339 e. The molecule has 0 radical (unpaired) electrons. The number of hydrogen-bond acceptors (Lipinski definition) is 3. The molecule has 0 unspecified atom stereocenters. The quantitative estimate of drug-likeness (QED) is 0.612. The number of nitrogens with one attached hydrogen (secondary N) is 1. The molecular formula is C19H24ClN2O3+. The maximum atomic E-state index is 12.8. The number of quaternary nitrogens is 1. The van der Waals surface area contributed by atoms with Crippen LogP contribution in [0.3, 0.4) is 0 Å². The van der Waals surface area contributed by atoms with Crippen molar-refractivity contribution >= 4 is 23.4 Å². The summed E-state index contributed by atoms with van der Waals surface area (Å²) in [6.45, 7) is 7.38. The summed E-state index contributed by atoms with van der Waals surface area (Å²) < 4.78 is 4.79. The predicted molar refractivity (Wildman–Crippen MR) is 97.2 cm³/mol. The number of esters is 1. The monoisotopic (exact) mass is 363 g/mol. The van der Waals surface area contributed by atoms with Crippen molar-refractivity contribution in [3.63, 3.8) is 0 Å². The van der Waals surface area contributed by atoms with E-state index in [1.165, 1.54) is 7.11 Å². The van der Waals surface area contributed by atoms with E-state index in [4.69, 9.17) is 16.3 Å². The molecule has 0 fully saturated rings. The Balaban J connectivity index is 2.21. The van der Waals surface area contributed by atoms with E-state index in [2.05, 4.69) is 4.98 Å². The van der Waals surface area contributed by atoms with Crippen LogP contribution in [-0.2, 0) is 4.74 Å². The lowest BCUT2D eigenvalue weighted by Gasteiger charge is -2.17. The van der Waals surface area contributed by atoms with Crippen molar-refractivity contribution in [2.24, 2.45) is 0 Å². The molecule has 134 valence electrons. The van der Waals surface area contributed by atoms with E-state index in [1.807, 2.05) is 43.4 Å². The van der Waals surface area contributed by atoms with Crippen LogP contribution < -0.4 is 5.32 Å². The number of rotatable bonds is 6. The second-order valence-electron chi connectivity index (χ2n) is 6.27. The number of benzene rings is 1. The summed E-state index contributed by atoms with van der Waals surface area (Å²) >= 11 is 6.24. The molecule has 1 aromatic heterocycles. The minimum Gasteiger partial charge on any atom is -0.465 e. The number of aromatic amines is 1. The highest BCUT2D eigenvalue weighted by Crippen LogP contribution is 2.21. The van der Waals surface area contributed by atoms with Crippen LogP contribution in [0.1, 0.15) is 57.6 Å². The van der Waals surface area contributed by atoms with Gasteiger partial charge in [0.05, 0.1) is 18.4 Å². The van der Waals surface area contributed by atoms with Gasteiger partial charge in [0.2, 0.25) is 5.78 Å². The van der Waals surface area contributed by atoms with Crippen LogP contribution in [0.25, 0.3) is 0 Å². The first kappa shape index (κ1) is 19.2. The minimum atomic E-state index is -0.439. The fraction of sp³-hybridized carbons (Fsp3) is 0.368. The molecule has 1 heterocycles. The van der Waals surface area contributed by atoms with Crippen molar-refractivity contribution < 1.29 is 19.6 Å². The van der Waals surface area contributed by atoms with Gasteiger partial charge < -0.3 is 15.0 Å². The Morgan fingerprint density at radius 3 is 2.44 bits per heavy atom. The molecule has 0 aliphatic carbocycles. The lowest BCUT2D eigenvalue weighted by molar-refractivity contribution is -0.709. The predicted octanol–water partition coefficient (Wildman–Crippen LogP) is 2.97. The van der Waals surface area contributed by atoms with E-state index >= 15 is 0 Å². The van der Waals surface area contributed by atoms with Crippen molar-refractivity contribution in [2.75, 3.05) is 7.11 Å². The fourth-order valence-corrected chi connectivity index (χ4v) is 3.41. The first-order valence-electron chi connectivity index (χ1n) is 8.19. The van der Waals surface area contributed by atoms with Crippen LogP contribution in [0.15, 0.2) is 24.3 Å². The zero-order valence-electron chi connectivity index (χ0n) is 15.1. The topological polar surface area (TPSA) is 75.8 Å². The molecule has 2 aromatic rings. The largest absolute Gasteiger partial charge is 0.465 e. The first-order valence-corrected chi connectivity index (χ1v) is 8.56. The number of carbonyl (C=O) groups is 2. The number of halogens is 1. The molecular weight excluding hydrogens is 340 g/mol. The molecule has 2 atom stereocenters. The second kappa shape index (κ2) is 7.85. The van der Waals surface area contributed by atoms with Crippen LogP contribution in [0.5, 0.6) is 0 Å². The first-order chi connectivity index (χ1) is 11.8. The molecule has 0 amide bonds. The lowest BCUT2D eigenvalue weighted by Crippen LogP contribution is -2.91. The van der Waals surface area contributed by atoms with E-state index in [1.54, 1.807) is 13.8 Å². The normalized spacial score (nSPS) is 13.4. The van der Waals surface area contributed by atoms with Gasteiger partial charge in [0.25, 0.3) is 0 Å². The van der Waals surface area contributed by atoms with E-state index in [0.29, 0.717) is 27.5 Å². The van der Waals surface area contributed by atoms with Crippen LogP contribution >= 0.6 is 11.6 Å². The standard InChI is InChI=1S/C19H23ClN2O3/c1-10-16(19(24)25-5)12(3)22-17(10)18(23)13(4)21-11(2)14-8-6-7-9-15(14)20/h6-9,11,13,21-22H,1-5H3/p+1/t11-,13+/m1/s1. The zero-order valence-corrected chi connectivity index (χ0v) is 15.9. The van der Waals surface area contributed by atoms with Gasteiger partial charge in [-0.05, 0) is 39.3 Å². The number of hydrogen-bond donors (Lipinski definition) is 2. The molecule has 0 aliphatic rings. The molecule has 3 N–H and O–H groups in total. The van der Waals surface area contributed by atoms with Crippen LogP contribution in [0.4, 0.5) is 0 Å². The number of carbonyl (C=O) groups excluding carboxylic acids is 2. The summed E-state index contributed by atoms with van der Waals surface area (Å²) in [5.74, 6) is -0.499. The highest BCUT2D eigenvalue weighted by atomic mass is 35.5. The third-order valence-electron chi connectivity index (χ3n) is 4.46. The summed E-state index contributed by atoms with van der Waals surface area (Å²) in [5.41, 5.74) is 3.13. The van der Waals surface area contributed by atoms with E-state index in [9.17, 15) is 9.59 Å². The average molecular weight is 364 g/mol. The Morgan fingerprint density at radius 2 is 1.84 bits per heavy atom. The van der Waals surface area contributed by atoms with Gasteiger partial charge in [-0.3, -0.25) is 4.79 Å². The van der Waals surface area contributed by atoms with Crippen LogP contribution in [0, 0.1) is 13.8 Å². The van der Waals surface area contributed by atoms with E-state index < -0.39 is 5.97 Å². The Bertz CT molecular complexity index is 798. The number of Topliss-reactive ketones (excluding diaryl/α,β-unsaturated/α-hetero) is 1. The van der Waals surface area contributed by atoms with Gasteiger partial charge in [-0.1, -0.05) is 29.8 Å². The number of aromatic nitrogens is 1. The van der Waals surface area contributed by atoms with Gasteiger partial charge in [0.1, 0.15) is 12.1 Å². The third kappa shape index (κ3) is 3.94. The third-order valence-corrected chi connectivity index (χ3v) is 4.80. The summed E-state index contributed by atoms with van der Waals surface area (Å²) in [5, 5.41) is 2.66. The number of ketones is 1. The van der Waals surface area contributed by atoms with Crippen LogP contribution in [-0.4, -0.2) is 29.9 Å². The van der Waals surface area contributed by atoms with Crippen molar-refractivity contribution in [1.29, 1.82) is 0 Å². The highest BCUT2D eigenvalue weighted by Gasteiger charge is 2.28. The molecule has 0 spiro atoms. The smallest absolute Gasteiger partial charge is 0.339 e. The minimum absolute atomic E-state index is 0.0316. The molecule has 5 nitrogen and oxygen atoms in total. The maximum absolute atomic E-state index is 12.8. The number of methoxy groups -OCH3 is 1. The Hall–Kier alpha value is -2.11. The molecule has 2 rings (SSSR count). The van der Waals surface area contributed by atoms with Gasteiger partial charge >= 0.3 is 5.97 Å². The molecule has 0 saturated carbocycles. The number of aryl methyl sites for hydroxylation is 1. The molecule has 25 heavy (non-hydrogen) atoms. The van der Waals surface area contributed by atoms with Crippen LogP contribution in [0.2, 0.25) is 5.02 Å². The second-order valence-corrected chi connectivity index (χ2v) is 6.68. The van der Waals surface area contributed by atoms with Gasteiger partial charge in [-0.15, -0.1) is 0 Å².